The van der Waals surface area contributed by atoms with E-state index in [1.165, 1.54) is 12.8 Å². The summed E-state index contributed by atoms with van der Waals surface area (Å²) < 4.78 is 0. The van der Waals surface area contributed by atoms with E-state index in [1.807, 2.05) is 4.90 Å². The van der Waals surface area contributed by atoms with Gasteiger partial charge in [-0.2, -0.15) is 0 Å². The van der Waals surface area contributed by atoms with Gasteiger partial charge in [-0.3, -0.25) is 4.79 Å². The van der Waals surface area contributed by atoms with Crippen LogP contribution in [0, 0.1) is 0 Å². The van der Waals surface area contributed by atoms with Gasteiger partial charge in [-0.05, 0) is 31.1 Å². The smallest absolute Gasteiger partial charge is 0.246 e. The van der Waals surface area contributed by atoms with E-state index in [4.69, 9.17) is 23.2 Å². The number of amides is 1. The van der Waals surface area contributed by atoms with Crippen molar-refractivity contribution in [3.05, 3.63) is 39.9 Å². The van der Waals surface area contributed by atoms with Crippen molar-refractivity contribution >= 4 is 35.2 Å². The van der Waals surface area contributed by atoms with Gasteiger partial charge in [0.2, 0.25) is 5.91 Å². The van der Waals surface area contributed by atoms with Crippen molar-refractivity contribution in [3.63, 3.8) is 0 Å². The lowest BCUT2D eigenvalue weighted by atomic mass is 10.2. The molecule has 1 aliphatic heterocycles. The van der Waals surface area contributed by atoms with Gasteiger partial charge >= 0.3 is 0 Å². The minimum atomic E-state index is 0.0397. The number of halogens is 2. The van der Waals surface area contributed by atoms with E-state index < -0.39 is 0 Å². The van der Waals surface area contributed by atoms with E-state index in [1.54, 1.807) is 30.4 Å². The van der Waals surface area contributed by atoms with Crippen molar-refractivity contribution < 1.29 is 4.79 Å². The van der Waals surface area contributed by atoms with Crippen LogP contribution in [0.1, 0.15) is 31.2 Å². The molecule has 1 amide bonds. The third kappa shape index (κ3) is 3.99. The van der Waals surface area contributed by atoms with E-state index in [9.17, 15) is 4.79 Å². The quantitative estimate of drug-likeness (QED) is 0.741. The first kappa shape index (κ1) is 14.4. The first-order valence-electron chi connectivity index (χ1n) is 6.59. The Balaban J connectivity index is 2.07. The van der Waals surface area contributed by atoms with Crippen LogP contribution in [-0.2, 0) is 4.79 Å². The van der Waals surface area contributed by atoms with E-state index in [0.717, 1.165) is 25.9 Å². The zero-order chi connectivity index (χ0) is 13.7. The molecule has 0 atom stereocenters. The molecule has 0 N–H and O–H groups in total. The normalized spacial score (nSPS) is 16.6. The molecular formula is C15H17Cl2NO. The highest BCUT2D eigenvalue weighted by atomic mass is 35.5. The minimum Gasteiger partial charge on any atom is -0.339 e. The third-order valence-electron chi connectivity index (χ3n) is 3.31. The average molecular weight is 298 g/mol. The molecule has 2 rings (SSSR count). The van der Waals surface area contributed by atoms with Crippen LogP contribution in [0.4, 0.5) is 0 Å². The molecule has 0 bridgehead atoms. The summed E-state index contributed by atoms with van der Waals surface area (Å²) in [5, 5.41) is 1.12. The molecule has 1 aromatic carbocycles. The molecule has 1 aromatic rings. The second-order valence-electron chi connectivity index (χ2n) is 4.71. The fourth-order valence-electron chi connectivity index (χ4n) is 2.22. The maximum atomic E-state index is 12.1. The number of carbonyl (C=O) groups is 1. The zero-order valence-corrected chi connectivity index (χ0v) is 12.3. The molecule has 0 unspecified atom stereocenters. The van der Waals surface area contributed by atoms with Crippen LogP contribution in [0.5, 0.6) is 0 Å². The molecule has 102 valence electrons. The zero-order valence-electron chi connectivity index (χ0n) is 10.7. The number of rotatable bonds is 2. The van der Waals surface area contributed by atoms with Crippen molar-refractivity contribution in [1.29, 1.82) is 0 Å². The van der Waals surface area contributed by atoms with Crippen LogP contribution in [0.15, 0.2) is 24.3 Å². The molecule has 4 heteroatoms. The molecule has 0 spiro atoms. The molecule has 19 heavy (non-hydrogen) atoms. The van der Waals surface area contributed by atoms with E-state index in [2.05, 4.69) is 0 Å². The summed E-state index contributed by atoms with van der Waals surface area (Å²) in [7, 11) is 0. The van der Waals surface area contributed by atoms with Crippen molar-refractivity contribution in [2.75, 3.05) is 13.1 Å². The summed E-state index contributed by atoms with van der Waals surface area (Å²) in [6.45, 7) is 1.69. The number of nitrogens with zero attached hydrogens (tertiary/aromatic N) is 1. The van der Waals surface area contributed by atoms with Crippen LogP contribution in [-0.4, -0.2) is 23.9 Å². The maximum Gasteiger partial charge on any atom is 0.246 e. The summed E-state index contributed by atoms with van der Waals surface area (Å²) in [5.41, 5.74) is 0.703. The molecule has 0 aliphatic carbocycles. The molecule has 1 aliphatic rings. The third-order valence-corrected chi connectivity index (χ3v) is 3.97. The van der Waals surface area contributed by atoms with Gasteiger partial charge in [0.25, 0.3) is 0 Å². The van der Waals surface area contributed by atoms with E-state index >= 15 is 0 Å². The SMILES string of the molecule is O=C(/C=C/c1c(Cl)cccc1Cl)N1CCCCCC1. The van der Waals surface area contributed by atoms with Gasteiger partial charge in [0, 0.05) is 34.8 Å². The first-order valence-corrected chi connectivity index (χ1v) is 7.35. The Morgan fingerprint density at radius 2 is 1.63 bits per heavy atom. The number of carbonyl (C=O) groups excluding carboxylic acids is 1. The highest BCUT2D eigenvalue weighted by Crippen LogP contribution is 2.25. The Bertz CT molecular complexity index is 457. The minimum absolute atomic E-state index is 0.0397. The topological polar surface area (TPSA) is 20.3 Å². The van der Waals surface area contributed by atoms with Crippen LogP contribution < -0.4 is 0 Å². The Kier molecular flexibility index (Phi) is 5.29. The predicted molar refractivity (Wildman–Crippen MR) is 80.5 cm³/mol. The van der Waals surface area contributed by atoms with Gasteiger partial charge in [0.05, 0.1) is 0 Å². The van der Waals surface area contributed by atoms with Gasteiger partial charge < -0.3 is 4.90 Å². The standard InChI is InChI=1S/C15H17Cl2NO/c16-13-6-5-7-14(17)12(13)8-9-15(19)18-10-3-1-2-4-11-18/h5-9H,1-4,10-11H2/b9-8+. The van der Waals surface area contributed by atoms with Crippen LogP contribution in [0.25, 0.3) is 6.08 Å². The Hall–Kier alpha value is -0.990. The summed E-state index contributed by atoms with van der Waals surface area (Å²) in [4.78, 5) is 14.0. The van der Waals surface area contributed by atoms with E-state index in [-0.39, 0.29) is 5.91 Å². The lowest BCUT2D eigenvalue weighted by Crippen LogP contribution is -2.30. The highest BCUT2D eigenvalue weighted by molar-refractivity contribution is 6.37. The number of benzene rings is 1. The highest BCUT2D eigenvalue weighted by Gasteiger charge is 2.13. The molecule has 0 saturated carbocycles. The van der Waals surface area contributed by atoms with Gasteiger partial charge in [-0.15, -0.1) is 0 Å². The second-order valence-corrected chi connectivity index (χ2v) is 5.52. The van der Waals surface area contributed by atoms with Gasteiger partial charge in [-0.1, -0.05) is 42.1 Å². The lowest BCUT2D eigenvalue weighted by molar-refractivity contribution is -0.125. The number of hydrogen-bond acceptors (Lipinski definition) is 1. The van der Waals surface area contributed by atoms with Crippen LogP contribution >= 0.6 is 23.2 Å². The molecular weight excluding hydrogens is 281 g/mol. The summed E-state index contributed by atoms with van der Waals surface area (Å²) in [6.07, 6.45) is 7.88. The summed E-state index contributed by atoms with van der Waals surface area (Å²) >= 11 is 12.1. The molecule has 0 aromatic heterocycles. The van der Waals surface area contributed by atoms with Crippen LogP contribution in [0.3, 0.4) is 0 Å². The average Bonchev–Trinajstić information content (AvgIpc) is 2.66. The van der Waals surface area contributed by atoms with Gasteiger partial charge in [0.1, 0.15) is 0 Å². The molecule has 1 saturated heterocycles. The van der Waals surface area contributed by atoms with Crippen LogP contribution in [0.2, 0.25) is 10.0 Å². The Morgan fingerprint density at radius 1 is 1.05 bits per heavy atom. The van der Waals surface area contributed by atoms with Crippen molar-refractivity contribution in [1.82, 2.24) is 4.90 Å². The fourth-order valence-corrected chi connectivity index (χ4v) is 2.74. The van der Waals surface area contributed by atoms with Crippen molar-refractivity contribution in [2.45, 2.75) is 25.7 Å². The van der Waals surface area contributed by atoms with E-state index in [0.29, 0.717) is 15.6 Å². The summed E-state index contributed by atoms with van der Waals surface area (Å²) in [6, 6.07) is 5.33. The van der Waals surface area contributed by atoms with Crippen molar-refractivity contribution in [2.24, 2.45) is 0 Å². The van der Waals surface area contributed by atoms with Crippen molar-refractivity contribution in [3.8, 4) is 0 Å². The molecule has 2 nitrogen and oxygen atoms in total. The molecule has 1 fully saturated rings. The Morgan fingerprint density at radius 3 is 2.21 bits per heavy atom. The monoisotopic (exact) mass is 297 g/mol. The predicted octanol–water partition coefficient (Wildman–Crippen LogP) is 4.41. The lowest BCUT2D eigenvalue weighted by Gasteiger charge is -2.18. The van der Waals surface area contributed by atoms with Gasteiger partial charge in [-0.25, -0.2) is 0 Å². The Labute approximate surface area is 124 Å². The molecule has 0 radical (unpaired) electrons. The largest absolute Gasteiger partial charge is 0.339 e. The first-order chi connectivity index (χ1) is 9.18. The fraction of sp³-hybridized carbons (Fsp3) is 0.400. The second kappa shape index (κ2) is 6.97. The van der Waals surface area contributed by atoms with Gasteiger partial charge in [0.15, 0.2) is 0 Å². The molecule has 1 heterocycles. The summed E-state index contributed by atoms with van der Waals surface area (Å²) in [5.74, 6) is 0.0397. The maximum absolute atomic E-state index is 12.1. The number of hydrogen-bond donors (Lipinski definition) is 0. The number of likely N-dealkylation sites (tertiary alicyclic amines) is 1.